The highest BCUT2D eigenvalue weighted by Gasteiger charge is 2.28. The summed E-state index contributed by atoms with van der Waals surface area (Å²) in [6.45, 7) is 0.121. The predicted octanol–water partition coefficient (Wildman–Crippen LogP) is 1.17. The molecule has 104 valence electrons. The smallest absolute Gasteiger partial charge is 0.251 e. The highest BCUT2D eigenvalue weighted by Crippen LogP contribution is 2.26. The first-order valence-electron chi connectivity index (χ1n) is 6.51. The van der Waals surface area contributed by atoms with Crippen molar-refractivity contribution in [3.05, 3.63) is 23.8 Å². The maximum absolute atomic E-state index is 12.2. The summed E-state index contributed by atoms with van der Waals surface area (Å²) in [5.41, 5.74) is 6.75. The summed E-state index contributed by atoms with van der Waals surface area (Å²) >= 11 is 0. The summed E-state index contributed by atoms with van der Waals surface area (Å²) in [6.07, 6.45) is 2.93. The van der Waals surface area contributed by atoms with E-state index in [1.165, 1.54) is 7.11 Å². The fourth-order valence-corrected chi connectivity index (χ4v) is 2.55. The van der Waals surface area contributed by atoms with Crippen LogP contribution in [0.2, 0.25) is 0 Å². The van der Waals surface area contributed by atoms with Gasteiger partial charge in [-0.3, -0.25) is 4.79 Å². The van der Waals surface area contributed by atoms with Crippen LogP contribution in [0.1, 0.15) is 29.6 Å². The highest BCUT2D eigenvalue weighted by atomic mass is 16.5. The summed E-state index contributed by atoms with van der Waals surface area (Å²) in [4.78, 5) is 12.2. The third-order valence-electron chi connectivity index (χ3n) is 3.71. The van der Waals surface area contributed by atoms with Gasteiger partial charge in [-0.2, -0.15) is 0 Å². The van der Waals surface area contributed by atoms with Crippen LogP contribution in [0.25, 0.3) is 0 Å². The van der Waals surface area contributed by atoms with Gasteiger partial charge in [0.1, 0.15) is 5.75 Å². The Hall–Kier alpha value is -1.75. The van der Waals surface area contributed by atoms with Crippen LogP contribution in [0.5, 0.6) is 5.75 Å². The summed E-state index contributed by atoms with van der Waals surface area (Å²) in [5, 5.41) is 12.2. The van der Waals surface area contributed by atoms with Crippen LogP contribution >= 0.6 is 0 Å². The van der Waals surface area contributed by atoms with Crippen molar-refractivity contribution in [3.63, 3.8) is 0 Å². The molecule has 0 heterocycles. The number of amides is 1. The number of carbonyl (C=O) groups is 1. The summed E-state index contributed by atoms with van der Waals surface area (Å²) in [7, 11) is 1.52. The third-order valence-corrected chi connectivity index (χ3v) is 3.71. The van der Waals surface area contributed by atoms with Crippen LogP contribution in [-0.2, 0) is 0 Å². The lowest BCUT2D eigenvalue weighted by molar-refractivity contribution is 0.0915. The van der Waals surface area contributed by atoms with E-state index >= 15 is 0 Å². The average Bonchev–Trinajstić information content (AvgIpc) is 2.86. The summed E-state index contributed by atoms with van der Waals surface area (Å²) < 4.78 is 5.10. The Morgan fingerprint density at radius 2 is 2.32 bits per heavy atom. The molecule has 0 radical (unpaired) electrons. The van der Waals surface area contributed by atoms with Gasteiger partial charge in [-0.1, -0.05) is 6.42 Å². The molecule has 1 aliphatic rings. The highest BCUT2D eigenvalue weighted by molar-refractivity contribution is 5.95. The van der Waals surface area contributed by atoms with Crippen molar-refractivity contribution in [1.29, 1.82) is 0 Å². The van der Waals surface area contributed by atoms with E-state index in [-0.39, 0.29) is 24.5 Å². The second-order valence-corrected chi connectivity index (χ2v) is 4.91. The quantitative estimate of drug-likeness (QED) is 0.713. The molecule has 4 N–H and O–H groups in total. The maximum Gasteiger partial charge on any atom is 0.251 e. The number of rotatable bonds is 4. The number of methoxy groups -OCH3 is 1. The maximum atomic E-state index is 12.2. The molecule has 2 rings (SSSR count). The van der Waals surface area contributed by atoms with Crippen LogP contribution in [-0.4, -0.2) is 30.8 Å². The number of nitrogens with one attached hydrogen (secondary N) is 1. The summed E-state index contributed by atoms with van der Waals surface area (Å²) in [5.74, 6) is 0.515. The molecule has 0 spiro atoms. The molecule has 1 aromatic carbocycles. The number of nitrogens with two attached hydrogens (primary N) is 1. The number of nitrogen functional groups attached to an aromatic ring is 1. The first-order chi connectivity index (χ1) is 9.15. The van der Waals surface area contributed by atoms with Crippen molar-refractivity contribution in [3.8, 4) is 5.75 Å². The number of hydrogen-bond acceptors (Lipinski definition) is 4. The zero-order valence-corrected chi connectivity index (χ0v) is 11.1. The number of aliphatic hydroxyl groups excluding tert-OH is 1. The summed E-state index contributed by atoms with van der Waals surface area (Å²) in [6, 6.07) is 5.02. The molecule has 0 aromatic heterocycles. The standard InChI is InChI=1S/C14H20N2O3/c1-19-13-7-9(5-6-11(13)15)14(18)16-12-4-2-3-10(12)8-17/h5-7,10,12,17H,2-4,8,15H2,1H3,(H,16,18). The van der Waals surface area contributed by atoms with Gasteiger partial charge in [0.2, 0.25) is 0 Å². The lowest BCUT2D eigenvalue weighted by Gasteiger charge is -2.19. The molecule has 2 unspecified atom stereocenters. The molecule has 19 heavy (non-hydrogen) atoms. The zero-order valence-electron chi connectivity index (χ0n) is 11.1. The monoisotopic (exact) mass is 264 g/mol. The van der Waals surface area contributed by atoms with Crippen molar-refractivity contribution in [2.45, 2.75) is 25.3 Å². The average molecular weight is 264 g/mol. The third kappa shape index (κ3) is 2.98. The minimum absolute atomic E-state index is 0.0565. The first kappa shape index (κ1) is 13.7. The van der Waals surface area contributed by atoms with Crippen LogP contribution in [0.4, 0.5) is 5.69 Å². The zero-order chi connectivity index (χ0) is 13.8. The van der Waals surface area contributed by atoms with E-state index < -0.39 is 0 Å². The van der Waals surface area contributed by atoms with Crippen molar-refractivity contribution >= 4 is 11.6 Å². The number of benzene rings is 1. The minimum Gasteiger partial charge on any atom is -0.495 e. The van der Waals surface area contributed by atoms with Gasteiger partial charge < -0.3 is 20.9 Å². The lowest BCUT2D eigenvalue weighted by atomic mass is 10.0. The molecule has 2 atom stereocenters. The van der Waals surface area contributed by atoms with Crippen molar-refractivity contribution in [2.75, 3.05) is 19.5 Å². The fourth-order valence-electron chi connectivity index (χ4n) is 2.55. The lowest BCUT2D eigenvalue weighted by Crippen LogP contribution is -2.38. The number of ether oxygens (including phenoxy) is 1. The molecule has 1 aromatic rings. The van der Waals surface area contributed by atoms with Gasteiger partial charge in [0.25, 0.3) is 5.91 Å². The van der Waals surface area contributed by atoms with E-state index in [4.69, 9.17) is 10.5 Å². The predicted molar refractivity (Wildman–Crippen MR) is 73.1 cm³/mol. The van der Waals surface area contributed by atoms with Crippen LogP contribution in [0, 0.1) is 5.92 Å². The normalized spacial score (nSPS) is 22.2. The van der Waals surface area contributed by atoms with Gasteiger partial charge in [-0.05, 0) is 31.0 Å². The van der Waals surface area contributed by atoms with Gasteiger partial charge in [-0.15, -0.1) is 0 Å². The molecule has 0 saturated heterocycles. The van der Waals surface area contributed by atoms with Crippen LogP contribution < -0.4 is 15.8 Å². The molecular weight excluding hydrogens is 244 g/mol. The van der Waals surface area contributed by atoms with Crippen LogP contribution in [0.15, 0.2) is 18.2 Å². The molecule has 1 saturated carbocycles. The molecule has 5 heteroatoms. The molecule has 0 bridgehead atoms. The van der Waals surface area contributed by atoms with Gasteiger partial charge in [-0.25, -0.2) is 0 Å². The van der Waals surface area contributed by atoms with Gasteiger partial charge in [0, 0.05) is 24.1 Å². The molecule has 1 fully saturated rings. The first-order valence-corrected chi connectivity index (χ1v) is 6.51. The second-order valence-electron chi connectivity index (χ2n) is 4.91. The Bertz CT molecular complexity index is 462. The minimum atomic E-state index is -0.149. The number of aliphatic hydroxyl groups is 1. The van der Waals surface area contributed by atoms with Gasteiger partial charge in [0.05, 0.1) is 12.8 Å². The molecule has 1 aliphatic carbocycles. The van der Waals surface area contributed by atoms with E-state index in [0.29, 0.717) is 17.0 Å². The topological polar surface area (TPSA) is 84.6 Å². The molecule has 0 aliphatic heterocycles. The van der Waals surface area contributed by atoms with E-state index in [9.17, 15) is 9.90 Å². The van der Waals surface area contributed by atoms with Gasteiger partial charge >= 0.3 is 0 Å². The number of carbonyl (C=O) groups excluding carboxylic acids is 1. The van der Waals surface area contributed by atoms with Crippen LogP contribution in [0.3, 0.4) is 0 Å². The van der Waals surface area contributed by atoms with E-state index in [0.717, 1.165) is 19.3 Å². The number of anilines is 1. The van der Waals surface area contributed by atoms with E-state index in [1.54, 1.807) is 18.2 Å². The van der Waals surface area contributed by atoms with Crippen molar-refractivity contribution in [1.82, 2.24) is 5.32 Å². The molecule has 1 amide bonds. The van der Waals surface area contributed by atoms with E-state index in [2.05, 4.69) is 5.32 Å². The largest absolute Gasteiger partial charge is 0.495 e. The Kier molecular flexibility index (Phi) is 4.27. The van der Waals surface area contributed by atoms with Gasteiger partial charge in [0.15, 0.2) is 0 Å². The molecular formula is C14H20N2O3. The Morgan fingerprint density at radius 3 is 3.00 bits per heavy atom. The number of hydrogen-bond donors (Lipinski definition) is 3. The second kappa shape index (κ2) is 5.93. The van der Waals surface area contributed by atoms with Crippen molar-refractivity contribution in [2.24, 2.45) is 5.92 Å². The Morgan fingerprint density at radius 1 is 1.53 bits per heavy atom. The van der Waals surface area contributed by atoms with Crippen molar-refractivity contribution < 1.29 is 14.6 Å². The molecule has 5 nitrogen and oxygen atoms in total. The SMILES string of the molecule is COc1cc(C(=O)NC2CCCC2CO)ccc1N. The Labute approximate surface area is 112 Å². The van der Waals surface area contributed by atoms with E-state index in [1.807, 2.05) is 0 Å². The Balaban J connectivity index is 2.07. The fraction of sp³-hybridized carbons (Fsp3) is 0.500.